The molecule has 20 heavy (non-hydrogen) atoms. The maximum atomic E-state index is 12.1. The summed E-state index contributed by atoms with van der Waals surface area (Å²) >= 11 is 1.40. The summed E-state index contributed by atoms with van der Waals surface area (Å²) in [7, 11) is 1.59. The fraction of sp³-hybridized carbons (Fsp3) is 0.0667. The predicted octanol–water partition coefficient (Wildman–Crippen LogP) is 2.64. The van der Waals surface area contributed by atoms with Crippen LogP contribution >= 0.6 is 11.3 Å². The summed E-state index contributed by atoms with van der Waals surface area (Å²) in [6, 6.07) is 6.83. The predicted molar refractivity (Wildman–Crippen MR) is 80.2 cm³/mol. The summed E-state index contributed by atoms with van der Waals surface area (Å²) < 4.78 is 5.17. The Kier molecular flexibility index (Phi) is 3.01. The van der Waals surface area contributed by atoms with Crippen molar-refractivity contribution in [3.63, 3.8) is 0 Å². The normalized spacial score (nSPS) is 10.4. The average Bonchev–Trinajstić information content (AvgIpc) is 2.95. The summed E-state index contributed by atoms with van der Waals surface area (Å²) in [4.78, 5) is 19.6. The zero-order valence-corrected chi connectivity index (χ0v) is 11.5. The van der Waals surface area contributed by atoms with Gasteiger partial charge in [0.15, 0.2) is 5.43 Å². The average molecular weight is 282 g/mol. The molecule has 0 radical (unpaired) electrons. The lowest BCUT2D eigenvalue weighted by atomic mass is 10.2. The molecule has 3 rings (SSSR count). The number of methoxy groups -OCH3 is 1. The molecule has 0 unspecified atom stereocenters. The van der Waals surface area contributed by atoms with E-state index in [1.165, 1.54) is 17.4 Å². The first-order valence-electron chi connectivity index (χ1n) is 5.85. The molecule has 5 heteroatoms. The SMILES string of the molecule is C#Cc1csc(-c2cc(=O)c3ccc(OC)cc3[nH]2)n1. The van der Waals surface area contributed by atoms with Crippen LogP contribution in [0.5, 0.6) is 5.75 Å². The van der Waals surface area contributed by atoms with Gasteiger partial charge in [-0.2, -0.15) is 0 Å². The van der Waals surface area contributed by atoms with E-state index in [0.717, 1.165) is 0 Å². The minimum Gasteiger partial charge on any atom is -0.497 e. The zero-order chi connectivity index (χ0) is 14.1. The first-order chi connectivity index (χ1) is 9.71. The Morgan fingerprint density at radius 2 is 2.25 bits per heavy atom. The van der Waals surface area contributed by atoms with E-state index in [-0.39, 0.29) is 5.43 Å². The lowest BCUT2D eigenvalue weighted by Gasteiger charge is -2.04. The molecule has 2 heterocycles. The monoisotopic (exact) mass is 282 g/mol. The number of hydrogen-bond donors (Lipinski definition) is 1. The number of terminal acetylenes is 1. The van der Waals surface area contributed by atoms with Gasteiger partial charge in [-0.25, -0.2) is 4.98 Å². The highest BCUT2D eigenvalue weighted by Crippen LogP contribution is 2.24. The van der Waals surface area contributed by atoms with E-state index in [4.69, 9.17) is 11.2 Å². The summed E-state index contributed by atoms with van der Waals surface area (Å²) in [5, 5.41) is 3.09. The molecule has 0 atom stereocenters. The van der Waals surface area contributed by atoms with Crippen molar-refractivity contribution in [1.29, 1.82) is 0 Å². The van der Waals surface area contributed by atoms with Crippen LogP contribution in [0.3, 0.4) is 0 Å². The number of aromatic nitrogens is 2. The number of pyridine rings is 1. The standard InChI is InChI=1S/C15H10N2O2S/c1-3-9-8-20-15(16-9)13-7-14(18)11-5-4-10(19-2)6-12(11)17-13/h1,4-8H,2H3,(H,17,18). The van der Waals surface area contributed by atoms with Crippen molar-refractivity contribution < 1.29 is 4.74 Å². The van der Waals surface area contributed by atoms with E-state index in [1.807, 2.05) is 0 Å². The lowest BCUT2D eigenvalue weighted by Crippen LogP contribution is -2.03. The van der Waals surface area contributed by atoms with Crippen LogP contribution in [-0.4, -0.2) is 17.1 Å². The van der Waals surface area contributed by atoms with E-state index in [1.54, 1.807) is 30.7 Å². The number of thiazole rings is 1. The molecule has 0 spiro atoms. The van der Waals surface area contributed by atoms with Gasteiger partial charge in [-0.3, -0.25) is 4.79 Å². The van der Waals surface area contributed by atoms with Gasteiger partial charge in [-0.1, -0.05) is 0 Å². The largest absolute Gasteiger partial charge is 0.497 e. The molecule has 1 aromatic carbocycles. The Morgan fingerprint density at radius 3 is 2.95 bits per heavy atom. The van der Waals surface area contributed by atoms with Crippen LogP contribution in [0.25, 0.3) is 21.6 Å². The van der Waals surface area contributed by atoms with Crippen LogP contribution in [0.15, 0.2) is 34.4 Å². The molecule has 0 aliphatic carbocycles. The molecule has 2 aromatic heterocycles. The van der Waals surface area contributed by atoms with Crippen LogP contribution in [0.2, 0.25) is 0 Å². The van der Waals surface area contributed by atoms with E-state index < -0.39 is 0 Å². The molecule has 0 amide bonds. The van der Waals surface area contributed by atoms with Crippen molar-refractivity contribution in [3.05, 3.63) is 45.6 Å². The second-order valence-corrected chi connectivity index (χ2v) is 5.00. The molecule has 1 N–H and O–H groups in total. The molecule has 4 nitrogen and oxygen atoms in total. The third kappa shape index (κ3) is 2.06. The van der Waals surface area contributed by atoms with Gasteiger partial charge in [-0.05, 0) is 18.1 Å². The Hall–Kier alpha value is -2.58. The van der Waals surface area contributed by atoms with Crippen LogP contribution < -0.4 is 10.2 Å². The van der Waals surface area contributed by atoms with Gasteiger partial charge in [0, 0.05) is 22.9 Å². The van der Waals surface area contributed by atoms with Crippen molar-refractivity contribution in [1.82, 2.24) is 9.97 Å². The van der Waals surface area contributed by atoms with Crippen molar-refractivity contribution in [2.45, 2.75) is 0 Å². The quantitative estimate of drug-likeness (QED) is 0.735. The molecular weight excluding hydrogens is 272 g/mol. The highest BCUT2D eigenvalue weighted by molar-refractivity contribution is 7.13. The van der Waals surface area contributed by atoms with E-state index in [9.17, 15) is 4.79 Å². The fourth-order valence-electron chi connectivity index (χ4n) is 1.94. The van der Waals surface area contributed by atoms with E-state index in [0.29, 0.717) is 33.0 Å². The highest BCUT2D eigenvalue weighted by atomic mass is 32.1. The van der Waals surface area contributed by atoms with Crippen LogP contribution in [0.1, 0.15) is 5.69 Å². The van der Waals surface area contributed by atoms with Crippen LogP contribution in [0.4, 0.5) is 0 Å². The number of fused-ring (bicyclic) bond motifs is 1. The third-order valence-electron chi connectivity index (χ3n) is 2.92. The number of hydrogen-bond acceptors (Lipinski definition) is 4. The number of benzene rings is 1. The number of rotatable bonds is 2. The highest BCUT2D eigenvalue weighted by Gasteiger charge is 2.08. The number of nitrogens with zero attached hydrogens (tertiary/aromatic N) is 1. The van der Waals surface area contributed by atoms with Gasteiger partial charge in [0.05, 0.1) is 18.3 Å². The molecular formula is C15H10N2O2S. The molecule has 0 aliphatic heterocycles. The first-order valence-corrected chi connectivity index (χ1v) is 6.73. The Morgan fingerprint density at radius 1 is 1.40 bits per heavy atom. The van der Waals surface area contributed by atoms with Gasteiger partial charge in [-0.15, -0.1) is 17.8 Å². The molecule has 0 bridgehead atoms. The Bertz CT molecular complexity index is 887. The van der Waals surface area contributed by atoms with Gasteiger partial charge < -0.3 is 9.72 Å². The second kappa shape index (κ2) is 4.83. The lowest BCUT2D eigenvalue weighted by molar-refractivity contribution is 0.415. The maximum Gasteiger partial charge on any atom is 0.190 e. The van der Waals surface area contributed by atoms with Gasteiger partial charge in [0.25, 0.3) is 0 Å². The maximum absolute atomic E-state index is 12.1. The fourth-order valence-corrected chi connectivity index (χ4v) is 2.67. The topological polar surface area (TPSA) is 55.0 Å². The van der Waals surface area contributed by atoms with Gasteiger partial charge >= 0.3 is 0 Å². The van der Waals surface area contributed by atoms with Gasteiger partial charge in [0.1, 0.15) is 16.5 Å². The second-order valence-electron chi connectivity index (χ2n) is 4.14. The molecule has 98 valence electrons. The molecule has 0 saturated carbocycles. The summed E-state index contributed by atoms with van der Waals surface area (Å²) in [5.74, 6) is 3.16. The minimum atomic E-state index is -0.0612. The third-order valence-corrected chi connectivity index (χ3v) is 3.80. The van der Waals surface area contributed by atoms with Crippen LogP contribution in [-0.2, 0) is 0 Å². The Balaban J connectivity index is 2.22. The minimum absolute atomic E-state index is 0.0612. The molecule has 0 aliphatic rings. The summed E-state index contributed by atoms with van der Waals surface area (Å²) in [6.07, 6.45) is 5.31. The van der Waals surface area contributed by atoms with E-state index in [2.05, 4.69) is 15.9 Å². The molecule has 0 saturated heterocycles. The van der Waals surface area contributed by atoms with Crippen molar-refractivity contribution in [3.8, 4) is 28.8 Å². The van der Waals surface area contributed by atoms with Crippen molar-refractivity contribution in [2.75, 3.05) is 7.11 Å². The Labute approximate surface area is 119 Å². The summed E-state index contributed by atoms with van der Waals surface area (Å²) in [6.45, 7) is 0. The van der Waals surface area contributed by atoms with Crippen molar-refractivity contribution >= 4 is 22.2 Å². The number of H-pyrrole nitrogens is 1. The first kappa shape index (κ1) is 12.5. The van der Waals surface area contributed by atoms with Crippen LogP contribution in [0, 0.1) is 12.3 Å². The van der Waals surface area contributed by atoms with Gasteiger partial charge in [0.2, 0.25) is 0 Å². The number of nitrogens with one attached hydrogen (secondary N) is 1. The molecule has 0 fully saturated rings. The van der Waals surface area contributed by atoms with Crippen molar-refractivity contribution in [2.24, 2.45) is 0 Å². The zero-order valence-electron chi connectivity index (χ0n) is 10.6. The smallest absolute Gasteiger partial charge is 0.190 e. The summed E-state index contributed by atoms with van der Waals surface area (Å²) in [5.41, 5.74) is 1.87. The number of aromatic amines is 1. The number of ether oxygens (including phenoxy) is 1. The van der Waals surface area contributed by atoms with E-state index >= 15 is 0 Å². The molecule has 3 aromatic rings.